The van der Waals surface area contributed by atoms with E-state index in [1.165, 1.54) is 6.07 Å². The molecule has 90 valence electrons. The molecule has 0 amide bonds. The molecule has 1 rings (SSSR count). The van der Waals surface area contributed by atoms with E-state index < -0.39 is 15.1 Å². The van der Waals surface area contributed by atoms with Gasteiger partial charge >= 0.3 is 0 Å². The summed E-state index contributed by atoms with van der Waals surface area (Å²) < 4.78 is 24.4. The predicted octanol–water partition coefficient (Wildman–Crippen LogP) is 2.11. The summed E-state index contributed by atoms with van der Waals surface area (Å²) >= 11 is 5.79. The Kier molecular flexibility index (Phi) is 4.35. The molecule has 0 bridgehead atoms. The lowest BCUT2D eigenvalue weighted by Crippen LogP contribution is -2.38. The normalized spacial score (nSPS) is 15.8. The minimum absolute atomic E-state index is 0.107. The Hall–Kier alpha value is -0.580. The van der Waals surface area contributed by atoms with E-state index in [-0.39, 0.29) is 10.9 Å². The SMILES string of the molecule is CNC(C)C(C)S(=O)(=O)c1cccc(Cl)c1. The number of hydrogen-bond acceptors (Lipinski definition) is 3. The van der Waals surface area contributed by atoms with Crippen LogP contribution >= 0.6 is 11.6 Å². The highest BCUT2D eigenvalue weighted by molar-refractivity contribution is 7.92. The Morgan fingerprint density at radius 1 is 1.31 bits per heavy atom. The maximum absolute atomic E-state index is 12.2. The van der Waals surface area contributed by atoms with Crippen molar-refractivity contribution in [1.29, 1.82) is 0 Å². The maximum Gasteiger partial charge on any atom is 0.182 e. The molecule has 1 aromatic carbocycles. The van der Waals surface area contributed by atoms with Gasteiger partial charge in [-0.15, -0.1) is 0 Å². The Morgan fingerprint density at radius 3 is 2.44 bits per heavy atom. The van der Waals surface area contributed by atoms with Crippen LogP contribution in [0.2, 0.25) is 5.02 Å². The molecule has 1 aromatic rings. The molecule has 16 heavy (non-hydrogen) atoms. The molecule has 2 atom stereocenters. The van der Waals surface area contributed by atoms with Crippen molar-refractivity contribution in [3.63, 3.8) is 0 Å². The van der Waals surface area contributed by atoms with Gasteiger partial charge in [0.1, 0.15) is 0 Å². The van der Waals surface area contributed by atoms with Crippen LogP contribution in [0.15, 0.2) is 29.2 Å². The molecule has 0 aliphatic carbocycles. The molecule has 0 saturated carbocycles. The largest absolute Gasteiger partial charge is 0.316 e. The van der Waals surface area contributed by atoms with E-state index in [0.717, 1.165) is 0 Å². The van der Waals surface area contributed by atoms with Gasteiger partial charge in [0.25, 0.3) is 0 Å². The van der Waals surface area contributed by atoms with Crippen LogP contribution in [0.4, 0.5) is 0 Å². The van der Waals surface area contributed by atoms with Gasteiger partial charge in [0.05, 0.1) is 10.1 Å². The molecule has 0 heterocycles. The molecule has 0 fully saturated rings. The molecule has 0 aliphatic heterocycles. The van der Waals surface area contributed by atoms with E-state index in [9.17, 15) is 8.42 Å². The summed E-state index contributed by atoms with van der Waals surface area (Å²) in [4.78, 5) is 0.273. The van der Waals surface area contributed by atoms with Gasteiger partial charge in [-0.3, -0.25) is 0 Å². The minimum atomic E-state index is -3.32. The zero-order chi connectivity index (χ0) is 12.3. The molecule has 3 nitrogen and oxygen atoms in total. The first-order valence-corrected chi connectivity index (χ1v) is 6.98. The van der Waals surface area contributed by atoms with Crippen LogP contribution in [-0.4, -0.2) is 26.8 Å². The highest BCUT2D eigenvalue weighted by Gasteiger charge is 2.27. The monoisotopic (exact) mass is 261 g/mol. The number of hydrogen-bond donors (Lipinski definition) is 1. The zero-order valence-electron chi connectivity index (χ0n) is 9.57. The molecule has 0 spiro atoms. The van der Waals surface area contributed by atoms with Crippen LogP contribution in [0.5, 0.6) is 0 Å². The summed E-state index contributed by atoms with van der Waals surface area (Å²) in [6, 6.07) is 6.25. The lowest BCUT2D eigenvalue weighted by atomic mass is 10.3. The first-order valence-electron chi connectivity index (χ1n) is 5.06. The molecule has 0 saturated heterocycles. The smallest absolute Gasteiger partial charge is 0.182 e. The number of benzene rings is 1. The van der Waals surface area contributed by atoms with E-state index >= 15 is 0 Å². The van der Waals surface area contributed by atoms with Crippen molar-refractivity contribution in [3.8, 4) is 0 Å². The van der Waals surface area contributed by atoms with Gasteiger partial charge in [-0.2, -0.15) is 0 Å². The molecule has 0 aliphatic rings. The predicted molar refractivity (Wildman–Crippen MR) is 66.6 cm³/mol. The fraction of sp³-hybridized carbons (Fsp3) is 0.455. The highest BCUT2D eigenvalue weighted by atomic mass is 35.5. The third-order valence-electron chi connectivity index (χ3n) is 2.77. The summed E-state index contributed by atoms with van der Waals surface area (Å²) in [6.45, 7) is 3.53. The summed E-state index contributed by atoms with van der Waals surface area (Å²) in [6.07, 6.45) is 0. The number of sulfone groups is 1. The molecule has 1 N–H and O–H groups in total. The van der Waals surface area contributed by atoms with E-state index in [1.807, 2.05) is 6.92 Å². The Balaban J connectivity index is 3.12. The van der Waals surface area contributed by atoms with Gasteiger partial charge in [-0.05, 0) is 39.1 Å². The Morgan fingerprint density at radius 2 is 1.94 bits per heavy atom. The summed E-state index contributed by atoms with van der Waals surface area (Å²) in [5.74, 6) is 0. The van der Waals surface area contributed by atoms with E-state index in [4.69, 9.17) is 11.6 Å². The van der Waals surface area contributed by atoms with Crippen LogP contribution in [0.25, 0.3) is 0 Å². The second-order valence-electron chi connectivity index (χ2n) is 3.78. The molecule has 5 heteroatoms. The van der Waals surface area contributed by atoms with E-state index in [2.05, 4.69) is 5.32 Å². The second-order valence-corrected chi connectivity index (χ2v) is 6.53. The lowest BCUT2D eigenvalue weighted by Gasteiger charge is -2.19. The highest BCUT2D eigenvalue weighted by Crippen LogP contribution is 2.21. The first kappa shape index (κ1) is 13.5. The summed E-state index contributed by atoms with van der Waals surface area (Å²) in [5.41, 5.74) is 0. The van der Waals surface area contributed by atoms with Gasteiger partial charge in [-0.1, -0.05) is 17.7 Å². The van der Waals surface area contributed by atoms with Crippen molar-refractivity contribution >= 4 is 21.4 Å². The number of halogens is 1. The van der Waals surface area contributed by atoms with Crippen molar-refractivity contribution in [2.45, 2.75) is 30.0 Å². The van der Waals surface area contributed by atoms with Gasteiger partial charge in [-0.25, -0.2) is 8.42 Å². The van der Waals surface area contributed by atoms with Gasteiger partial charge in [0, 0.05) is 11.1 Å². The molecular weight excluding hydrogens is 246 g/mol. The van der Waals surface area contributed by atoms with Crippen molar-refractivity contribution in [3.05, 3.63) is 29.3 Å². The standard InChI is InChI=1S/C11H16ClNO2S/c1-8(13-3)9(2)16(14,15)11-6-4-5-10(12)7-11/h4-9,13H,1-3H3. The van der Waals surface area contributed by atoms with E-state index in [0.29, 0.717) is 5.02 Å². The molecule has 0 radical (unpaired) electrons. The van der Waals surface area contributed by atoms with Crippen LogP contribution < -0.4 is 5.32 Å². The minimum Gasteiger partial charge on any atom is -0.316 e. The Bertz CT molecular complexity index is 459. The van der Waals surface area contributed by atoms with Gasteiger partial charge in [0.15, 0.2) is 9.84 Å². The van der Waals surface area contributed by atoms with Crippen LogP contribution in [-0.2, 0) is 9.84 Å². The number of nitrogens with one attached hydrogen (secondary N) is 1. The summed E-state index contributed by atoms with van der Waals surface area (Å²) in [5, 5.41) is 2.89. The fourth-order valence-electron chi connectivity index (χ4n) is 1.36. The van der Waals surface area contributed by atoms with Gasteiger partial charge < -0.3 is 5.32 Å². The lowest BCUT2D eigenvalue weighted by molar-refractivity contribution is 0.539. The van der Waals surface area contributed by atoms with Crippen molar-refractivity contribution < 1.29 is 8.42 Å². The molecule has 2 unspecified atom stereocenters. The van der Waals surface area contributed by atoms with E-state index in [1.54, 1.807) is 32.2 Å². The average Bonchev–Trinajstić information content (AvgIpc) is 2.27. The molecular formula is C11H16ClNO2S. The van der Waals surface area contributed by atoms with Crippen molar-refractivity contribution in [2.24, 2.45) is 0 Å². The number of rotatable bonds is 4. The average molecular weight is 262 g/mol. The van der Waals surface area contributed by atoms with Crippen LogP contribution in [0, 0.1) is 0 Å². The fourth-order valence-corrected chi connectivity index (χ4v) is 3.28. The zero-order valence-corrected chi connectivity index (χ0v) is 11.1. The second kappa shape index (κ2) is 5.17. The van der Waals surface area contributed by atoms with Crippen LogP contribution in [0.3, 0.4) is 0 Å². The van der Waals surface area contributed by atoms with Crippen molar-refractivity contribution in [2.75, 3.05) is 7.05 Å². The first-order chi connectivity index (χ1) is 7.39. The third kappa shape index (κ3) is 2.75. The van der Waals surface area contributed by atoms with Crippen LogP contribution in [0.1, 0.15) is 13.8 Å². The quantitative estimate of drug-likeness (QED) is 0.903. The topological polar surface area (TPSA) is 46.2 Å². The molecule has 0 aromatic heterocycles. The van der Waals surface area contributed by atoms with Gasteiger partial charge in [0.2, 0.25) is 0 Å². The van der Waals surface area contributed by atoms with Crippen molar-refractivity contribution in [1.82, 2.24) is 5.32 Å². The maximum atomic E-state index is 12.2. The third-order valence-corrected chi connectivity index (χ3v) is 5.31. The summed E-state index contributed by atoms with van der Waals surface area (Å²) in [7, 11) is -1.58. The Labute approximate surface area is 102 Å².